The Balaban J connectivity index is 1.74. The molecule has 3 nitrogen and oxygen atoms in total. The molecule has 2 aromatic rings. The van der Waals surface area contributed by atoms with Crippen molar-refractivity contribution < 1.29 is 4.79 Å². The van der Waals surface area contributed by atoms with Crippen molar-refractivity contribution in [3.8, 4) is 0 Å². The molecule has 0 fully saturated rings. The molecule has 0 radical (unpaired) electrons. The summed E-state index contributed by atoms with van der Waals surface area (Å²) in [5.41, 5.74) is 0.987. The van der Waals surface area contributed by atoms with E-state index in [2.05, 4.69) is 17.2 Å². The Morgan fingerprint density at radius 1 is 1.37 bits per heavy atom. The van der Waals surface area contributed by atoms with Crippen molar-refractivity contribution in [2.24, 2.45) is 0 Å². The SMILES string of the molecule is Cc1ccc(C=CC(=O)NCCc2ccccn2)s1. The Morgan fingerprint density at radius 3 is 2.95 bits per heavy atom. The number of hydrogen-bond acceptors (Lipinski definition) is 3. The molecular weight excluding hydrogens is 256 g/mol. The fourth-order valence-corrected chi connectivity index (χ4v) is 2.40. The third-order valence-electron chi connectivity index (χ3n) is 2.57. The van der Waals surface area contributed by atoms with Crippen LogP contribution in [0.1, 0.15) is 15.4 Å². The molecule has 2 rings (SSSR count). The highest BCUT2D eigenvalue weighted by Crippen LogP contribution is 2.16. The van der Waals surface area contributed by atoms with E-state index in [-0.39, 0.29) is 5.91 Å². The molecule has 0 aromatic carbocycles. The average molecular weight is 272 g/mol. The molecule has 0 unspecified atom stereocenters. The second-order valence-corrected chi connectivity index (χ2v) is 5.46. The predicted molar refractivity (Wildman–Crippen MR) is 79.0 cm³/mol. The van der Waals surface area contributed by atoms with Crippen LogP contribution in [0.3, 0.4) is 0 Å². The molecule has 1 amide bonds. The lowest BCUT2D eigenvalue weighted by atomic mass is 10.3. The van der Waals surface area contributed by atoms with Crippen molar-refractivity contribution >= 4 is 23.3 Å². The van der Waals surface area contributed by atoms with Gasteiger partial charge >= 0.3 is 0 Å². The number of carbonyl (C=O) groups excluding carboxylic acids is 1. The van der Waals surface area contributed by atoms with Crippen LogP contribution < -0.4 is 5.32 Å². The first-order valence-electron chi connectivity index (χ1n) is 6.16. The van der Waals surface area contributed by atoms with Crippen LogP contribution in [0.2, 0.25) is 0 Å². The van der Waals surface area contributed by atoms with Gasteiger partial charge in [0, 0.05) is 40.7 Å². The average Bonchev–Trinajstić information content (AvgIpc) is 2.83. The monoisotopic (exact) mass is 272 g/mol. The maximum Gasteiger partial charge on any atom is 0.244 e. The summed E-state index contributed by atoms with van der Waals surface area (Å²) in [6.45, 7) is 2.65. The molecule has 1 N–H and O–H groups in total. The van der Waals surface area contributed by atoms with Crippen LogP contribution in [0.15, 0.2) is 42.6 Å². The molecule has 0 spiro atoms. The number of aromatic nitrogens is 1. The van der Waals surface area contributed by atoms with Gasteiger partial charge < -0.3 is 5.32 Å². The van der Waals surface area contributed by atoms with E-state index in [1.165, 1.54) is 4.88 Å². The van der Waals surface area contributed by atoms with E-state index in [0.717, 1.165) is 17.0 Å². The Bertz CT molecular complexity index is 561. The van der Waals surface area contributed by atoms with E-state index in [9.17, 15) is 4.79 Å². The van der Waals surface area contributed by atoms with Crippen molar-refractivity contribution in [2.45, 2.75) is 13.3 Å². The molecule has 0 aliphatic heterocycles. The van der Waals surface area contributed by atoms with Gasteiger partial charge in [-0.1, -0.05) is 6.07 Å². The van der Waals surface area contributed by atoms with Gasteiger partial charge in [-0.15, -0.1) is 11.3 Å². The summed E-state index contributed by atoms with van der Waals surface area (Å²) < 4.78 is 0. The Labute approximate surface area is 117 Å². The van der Waals surface area contributed by atoms with Gasteiger partial charge in [0.05, 0.1) is 0 Å². The van der Waals surface area contributed by atoms with Gasteiger partial charge in [0.1, 0.15) is 0 Å². The van der Waals surface area contributed by atoms with Crippen molar-refractivity contribution in [1.82, 2.24) is 10.3 Å². The van der Waals surface area contributed by atoms with E-state index >= 15 is 0 Å². The van der Waals surface area contributed by atoms with Crippen molar-refractivity contribution in [3.05, 3.63) is 58.1 Å². The zero-order valence-electron chi connectivity index (χ0n) is 10.8. The Hall–Kier alpha value is -1.94. The van der Waals surface area contributed by atoms with Crippen molar-refractivity contribution in [2.75, 3.05) is 6.54 Å². The number of pyridine rings is 1. The van der Waals surface area contributed by atoms with E-state index in [0.29, 0.717) is 6.54 Å². The highest BCUT2D eigenvalue weighted by molar-refractivity contribution is 7.12. The van der Waals surface area contributed by atoms with Crippen molar-refractivity contribution in [3.63, 3.8) is 0 Å². The van der Waals surface area contributed by atoms with E-state index in [1.54, 1.807) is 23.6 Å². The number of rotatable bonds is 5. The summed E-state index contributed by atoms with van der Waals surface area (Å²) in [7, 11) is 0. The summed E-state index contributed by atoms with van der Waals surface area (Å²) >= 11 is 1.67. The molecule has 4 heteroatoms. The van der Waals surface area contributed by atoms with Gasteiger partial charge in [-0.3, -0.25) is 9.78 Å². The highest BCUT2D eigenvalue weighted by atomic mass is 32.1. The van der Waals surface area contributed by atoms with Gasteiger partial charge in [0.15, 0.2) is 0 Å². The standard InChI is InChI=1S/C15H16N2OS/c1-12-5-6-14(19-12)7-8-15(18)17-11-9-13-4-2-3-10-16-13/h2-8,10H,9,11H2,1H3,(H,17,18). The molecule has 0 atom stereocenters. The maximum atomic E-state index is 11.6. The van der Waals surface area contributed by atoms with Gasteiger partial charge in [0.25, 0.3) is 0 Å². The van der Waals surface area contributed by atoms with E-state index in [4.69, 9.17) is 0 Å². The number of nitrogens with one attached hydrogen (secondary N) is 1. The van der Waals surface area contributed by atoms with Crippen LogP contribution >= 0.6 is 11.3 Å². The molecular formula is C15H16N2OS. The van der Waals surface area contributed by atoms with Crippen LogP contribution in [0.4, 0.5) is 0 Å². The number of hydrogen-bond donors (Lipinski definition) is 1. The van der Waals surface area contributed by atoms with Crippen LogP contribution in [0, 0.1) is 6.92 Å². The molecule has 19 heavy (non-hydrogen) atoms. The van der Waals surface area contributed by atoms with Gasteiger partial charge in [-0.25, -0.2) is 0 Å². The number of nitrogens with zero attached hydrogens (tertiary/aromatic N) is 1. The lowest BCUT2D eigenvalue weighted by Gasteiger charge is -2.01. The van der Waals surface area contributed by atoms with Crippen LogP contribution in [-0.4, -0.2) is 17.4 Å². The molecule has 0 bridgehead atoms. The quantitative estimate of drug-likeness (QED) is 0.850. The lowest BCUT2D eigenvalue weighted by Crippen LogP contribution is -2.23. The molecule has 98 valence electrons. The summed E-state index contributed by atoms with van der Waals surface area (Å²) in [5, 5.41) is 2.85. The third kappa shape index (κ3) is 4.67. The minimum atomic E-state index is -0.0676. The maximum absolute atomic E-state index is 11.6. The Morgan fingerprint density at radius 2 is 2.26 bits per heavy atom. The second-order valence-electron chi connectivity index (χ2n) is 4.14. The van der Waals surface area contributed by atoms with Crippen molar-refractivity contribution in [1.29, 1.82) is 0 Å². The first-order chi connectivity index (χ1) is 9.24. The molecule has 0 saturated carbocycles. The highest BCUT2D eigenvalue weighted by Gasteiger charge is 1.97. The zero-order chi connectivity index (χ0) is 13.5. The van der Waals surface area contributed by atoms with Gasteiger partial charge in [-0.05, 0) is 37.3 Å². The van der Waals surface area contributed by atoms with Gasteiger partial charge in [-0.2, -0.15) is 0 Å². The number of carbonyl (C=O) groups is 1. The normalized spacial score (nSPS) is 10.8. The summed E-state index contributed by atoms with van der Waals surface area (Å²) in [4.78, 5) is 18.1. The minimum Gasteiger partial charge on any atom is -0.352 e. The molecule has 2 aromatic heterocycles. The topological polar surface area (TPSA) is 42.0 Å². The summed E-state index contributed by atoms with van der Waals surface area (Å²) in [5.74, 6) is -0.0676. The number of thiophene rings is 1. The van der Waals surface area contributed by atoms with E-state index < -0.39 is 0 Å². The fraction of sp³-hybridized carbons (Fsp3) is 0.200. The van der Waals surface area contributed by atoms with E-state index in [1.807, 2.05) is 36.4 Å². The zero-order valence-corrected chi connectivity index (χ0v) is 11.6. The largest absolute Gasteiger partial charge is 0.352 e. The molecule has 0 saturated heterocycles. The first-order valence-corrected chi connectivity index (χ1v) is 6.98. The first kappa shape index (κ1) is 13.5. The molecule has 2 heterocycles. The number of amides is 1. The molecule has 0 aliphatic rings. The number of aryl methyl sites for hydroxylation is 1. The predicted octanol–water partition coefficient (Wildman–Crippen LogP) is 2.82. The third-order valence-corrected chi connectivity index (χ3v) is 3.53. The van der Waals surface area contributed by atoms with Gasteiger partial charge in [0.2, 0.25) is 5.91 Å². The van der Waals surface area contributed by atoms with Crippen LogP contribution in [-0.2, 0) is 11.2 Å². The summed E-state index contributed by atoms with van der Waals surface area (Å²) in [6, 6.07) is 9.84. The summed E-state index contributed by atoms with van der Waals surface area (Å²) in [6.07, 6.45) is 5.92. The fourth-order valence-electron chi connectivity index (χ4n) is 1.62. The van der Waals surface area contributed by atoms with Crippen LogP contribution in [0.5, 0.6) is 0 Å². The smallest absolute Gasteiger partial charge is 0.244 e. The lowest BCUT2D eigenvalue weighted by molar-refractivity contribution is -0.116. The Kier molecular flexibility index (Phi) is 4.86. The second kappa shape index (κ2) is 6.85. The minimum absolute atomic E-state index is 0.0676. The molecule has 0 aliphatic carbocycles. The van der Waals surface area contributed by atoms with Crippen LogP contribution in [0.25, 0.3) is 6.08 Å².